The normalized spacial score (nSPS) is 21.6. The molecule has 0 spiro atoms. The number of benzene rings is 1. The van der Waals surface area contributed by atoms with Crippen molar-refractivity contribution in [2.45, 2.75) is 51.0 Å². The van der Waals surface area contributed by atoms with Gasteiger partial charge in [0.05, 0.1) is 23.6 Å². The zero-order valence-corrected chi connectivity index (χ0v) is 16.5. The minimum absolute atomic E-state index is 0.0641. The van der Waals surface area contributed by atoms with Crippen LogP contribution >= 0.6 is 0 Å². The highest BCUT2D eigenvalue weighted by Crippen LogP contribution is 2.35. The van der Waals surface area contributed by atoms with Gasteiger partial charge in [-0.1, -0.05) is 44.1 Å². The molecule has 1 fully saturated rings. The van der Waals surface area contributed by atoms with Crippen LogP contribution in [0.3, 0.4) is 0 Å². The van der Waals surface area contributed by atoms with E-state index in [2.05, 4.69) is 15.5 Å². The summed E-state index contributed by atoms with van der Waals surface area (Å²) < 4.78 is 32.5. The number of hydrogen-bond acceptors (Lipinski definition) is 7. The molecule has 8 nitrogen and oxygen atoms in total. The monoisotopic (exact) mass is 392 g/mol. The Bertz CT molecular complexity index is 897. The van der Waals surface area contributed by atoms with Crippen LogP contribution in [0.4, 0.5) is 0 Å². The largest absolute Gasteiger partial charge is 0.369 e. The highest BCUT2D eigenvalue weighted by molar-refractivity contribution is 7.91. The predicted molar refractivity (Wildman–Crippen MR) is 98.1 cm³/mol. The van der Waals surface area contributed by atoms with E-state index in [1.165, 1.54) is 4.68 Å². The molecule has 0 amide bonds. The molecule has 0 radical (unpaired) electrons. The molecule has 1 aliphatic rings. The van der Waals surface area contributed by atoms with E-state index in [9.17, 15) is 13.2 Å². The molecule has 1 saturated heterocycles. The fraction of sp³-hybridized carbons (Fsp3) is 0.556. The Balaban J connectivity index is 1.65. The number of ether oxygens (including phenoxy) is 1. The van der Waals surface area contributed by atoms with Crippen LogP contribution in [0.2, 0.25) is 0 Å². The SMILES string of the molecule is CCC(=O)[C@@H](C)[C@H]1O[C@H]1C[C@H](C)CS(=O)(=O)c1nnnn1-c1ccccc1. The number of aromatic nitrogens is 4. The molecular weight excluding hydrogens is 368 g/mol. The van der Waals surface area contributed by atoms with Crippen molar-refractivity contribution in [3.05, 3.63) is 30.3 Å². The van der Waals surface area contributed by atoms with E-state index in [1.54, 1.807) is 24.3 Å². The van der Waals surface area contributed by atoms with E-state index in [0.717, 1.165) is 0 Å². The summed E-state index contributed by atoms with van der Waals surface area (Å²) in [6, 6.07) is 8.90. The molecule has 146 valence electrons. The van der Waals surface area contributed by atoms with Crippen LogP contribution in [0.1, 0.15) is 33.6 Å². The van der Waals surface area contributed by atoms with Gasteiger partial charge in [-0.05, 0) is 34.9 Å². The average Bonchev–Trinajstić information content (AvgIpc) is 3.20. The van der Waals surface area contributed by atoms with Gasteiger partial charge in [0, 0.05) is 12.3 Å². The van der Waals surface area contributed by atoms with Gasteiger partial charge in [-0.25, -0.2) is 8.42 Å². The van der Waals surface area contributed by atoms with E-state index in [1.807, 2.05) is 26.8 Å². The molecule has 2 aromatic rings. The summed E-state index contributed by atoms with van der Waals surface area (Å²) in [6.07, 6.45) is 0.904. The van der Waals surface area contributed by atoms with Crippen molar-refractivity contribution < 1.29 is 17.9 Å². The fourth-order valence-corrected chi connectivity index (χ4v) is 4.91. The van der Waals surface area contributed by atoms with Gasteiger partial charge < -0.3 is 4.74 Å². The van der Waals surface area contributed by atoms with Gasteiger partial charge >= 0.3 is 0 Å². The van der Waals surface area contributed by atoms with Crippen molar-refractivity contribution in [3.63, 3.8) is 0 Å². The molecule has 9 heteroatoms. The highest BCUT2D eigenvalue weighted by atomic mass is 32.2. The lowest BCUT2D eigenvalue weighted by Gasteiger charge is -2.11. The molecule has 1 aliphatic heterocycles. The van der Waals surface area contributed by atoms with Crippen molar-refractivity contribution in [1.82, 2.24) is 20.2 Å². The van der Waals surface area contributed by atoms with Crippen LogP contribution in [-0.2, 0) is 19.4 Å². The van der Waals surface area contributed by atoms with E-state index in [0.29, 0.717) is 18.5 Å². The quantitative estimate of drug-likeness (QED) is 0.599. The summed E-state index contributed by atoms with van der Waals surface area (Å²) in [5, 5.41) is 10.9. The van der Waals surface area contributed by atoms with Gasteiger partial charge in [0.1, 0.15) is 5.78 Å². The third kappa shape index (κ3) is 4.41. The summed E-state index contributed by atoms with van der Waals surface area (Å²) in [5.41, 5.74) is 0.589. The van der Waals surface area contributed by atoms with Crippen LogP contribution in [-0.4, -0.2) is 52.4 Å². The molecule has 27 heavy (non-hydrogen) atoms. The van der Waals surface area contributed by atoms with Gasteiger partial charge in [-0.2, -0.15) is 4.68 Å². The van der Waals surface area contributed by atoms with Gasteiger partial charge in [-0.15, -0.1) is 0 Å². The molecule has 0 N–H and O–H groups in total. The minimum atomic E-state index is -3.67. The zero-order valence-electron chi connectivity index (χ0n) is 15.6. The second-order valence-electron chi connectivity index (χ2n) is 7.08. The summed E-state index contributed by atoms with van der Waals surface area (Å²) in [7, 11) is -3.67. The lowest BCUT2D eigenvalue weighted by atomic mass is 9.95. The first kappa shape index (κ1) is 19.6. The maximum absolute atomic E-state index is 12.8. The van der Waals surface area contributed by atoms with Crippen LogP contribution in [0.15, 0.2) is 35.5 Å². The molecule has 4 atom stereocenters. The number of sulfone groups is 1. The van der Waals surface area contributed by atoms with Gasteiger partial charge in [-0.3, -0.25) is 4.79 Å². The van der Waals surface area contributed by atoms with Crippen LogP contribution in [0.5, 0.6) is 0 Å². The molecule has 3 rings (SSSR count). The van der Waals surface area contributed by atoms with Crippen molar-refractivity contribution in [1.29, 1.82) is 0 Å². The average molecular weight is 392 g/mol. The van der Waals surface area contributed by atoms with E-state index in [4.69, 9.17) is 4.74 Å². The van der Waals surface area contributed by atoms with Crippen molar-refractivity contribution >= 4 is 15.6 Å². The van der Waals surface area contributed by atoms with Crippen molar-refractivity contribution in [2.75, 3.05) is 5.75 Å². The lowest BCUT2D eigenvalue weighted by molar-refractivity contribution is -0.122. The van der Waals surface area contributed by atoms with E-state index in [-0.39, 0.29) is 40.7 Å². The molecule has 1 aromatic heterocycles. The number of Topliss-reactive ketones (excluding diaryl/α,β-unsaturated/α-hetero) is 1. The van der Waals surface area contributed by atoms with Crippen LogP contribution < -0.4 is 0 Å². The smallest absolute Gasteiger partial charge is 0.272 e. The topological polar surface area (TPSA) is 107 Å². The third-order valence-electron chi connectivity index (χ3n) is 4.83. The standard InChI is InChI=1S/C18H24N4O4S/c1-4-15(23)13(3)17-16(26-17)10-12(2)11-27(24,25)18-19-20-21-22(18)14-8-6-5-7-9-14/h5-9,12-13,16-17H,4,10-11H2,1-3H3/t12-,13+,16-,17+/m0/s1. The Labute approximate surface area is 158 Å². The summed E-state index contributed by atoms with van der Waals surface area (Å²) in [6.45, 7) is 5.56. The van der Waals surface area contributed by atoms with Gasteiger partial charge in [0.25, 0.3) is 5.16 Å². The number of nitrogens with zero attached hydrogens (tertiary/aromatic N) is 4. The Morgan fingerprint density at radius 2 is 1.96 bits per heavy atom. The second kappa shape index (κ2) is 7.85. The van der Waals surface area contributed by atoms with Gasteiger partial charge in [0.2, 0.25) is 9.84 Å². The first-order valence-corrected chi connectivity index (χ1v) is 10.7. The van der Waals surface area contributed by atoms with Gasteiger partial charge in [0.15, 0.2) is 0 Å². The number of para-hydroxylation sites is 1. The molecule has 0 saturated carbocycles. The molecule has 0 unspecified atom stereocenters. The Morgan fingerprint density at radius 3 is 2.63 bits per heavy atom. The number of ketones is 1. The van der Waals surface area contributed by atoms with E-state index < -0.39 is 9.84 Å². The predicted octanol–water partition coefficient (Wildman–Crippen LogP) is 1.84. The van der Waals surface area contributed by atoms with Crippen LogP contribution in [0, 0.1) is 11.8 Å². The number of tetrazole rings is 1. The highest BCUT2D eigenvalue weighted by Gasteiger charge is 2.45. The maximum atomic E-state index is 12.8. The maximum Gasteiger partial charge on any atom is 0.272 e. The van der Waals surface area contributed by atoms with Crippen molar-refractivity contribution in [2.24, 2.45) is 11.8 Å². The van der Waals surface area contributed by atoms with Crippen LogP contribution in [0.25, 0.3) is 5.69 Å². The number of hydrogen-bond donors (Lipinski definition) is 0. The summed E-state index contributed by atoms with van der Waals surface area (Å²) in [5.74, 6) is -0.197. The lowest BCUT2D eigenvalue weighted by Crippen LogP contribution is -2.21. The first-order chi connectivity index (χ1) is 12.8. The summed E-state index contributed by atoms with van der Waals surface area (Å²) in [4.78, 5) is 11.8. The Morgan fingerprint density at radius 1 is 1.26 bits per heavy atom. The Hall–Kier alpha value is -2.13. The Kier molecular flexibility index (Phi) is 5.71. The fourth-order valence-electron chi connectivity index (χ4n) is 3.31. The third-order valence-corrected chi connectivity index (χ3v) is 6.65. The zero-order chi connectivity index (χ0) is 19.6. The molecule has 0 bridgehead atoms. The molecular formula is C18H24N4O4S. The number of rotatable bonds is 9. The molecule has 1 aromatic carbocycles. The number of carbonyl (C=O) groups excluding carboxylic acids is 1. The molecule has 2 heterocycles. The molecule has 0 aliphatic carbocycles. The first-order valence-electron chi connectivity index (χ1n) is 9.08. The number of epoxide rings is 1. The second-order valence-corrected chi connectivity index (χ2v) is 9.01. The minimum Gasteiger partial charge on any atom is -0.369 e. The number of carbonyl (C=O) groups is 1. The van der Waals surface area contributed by atoms with E-state index >= 15 is 0 Å². The van der Waals surface area contributed by atoms with Crippen molar-refractivity contribution in [3.8, 4) is 5.69 Å². The summed E-state index contributed by atoms with van der Waals surface area (Å²) >= 11 is 0.